The highest BCUT2D eigenvalue weighted by atomic mass is 15.3. The van der Waals surface area contributed by atoms with E-state index < -0.39 is 0 Å². The predicted octanol–water partition coefficient (Wildman–Crippen LogP) is 2.81. The van der Waals surface area contributed by atoms with Crippen molar-refractivity contribution in [3.05, 3.63) is 29.2 Å². The lowest BCUT2D eigenvalue weighted by atomic mass is 9.97. The van der Waals surface area contributed by atoms with Crippen LogP contribution in [0.5, 0.6) is 0 Å². The van der Waals surface area contributed by atoms with E-state index in [4.69, 9.17) is 5.10 Å². The molecule has 0 aromatic carbocycles. The molecule has 2 aromatic heterocycles. The lowest BCUT2D eigenvalue weighted by Crippen LogP contribution is -2.26. The van der Waals surface area contributed by atoms with E-state index in [-0.39, 0.29) is 0 Å². The summed E-state index contributed by atoms with van der Waals surface area (Å²) in [4.78, 5) is 4.59. The summed E-state index contributed by atoms with van der Waals surface area (Å²) in [5.41, 5.74) is 4.96. The van der Waals surface area contributed by atoms with Gasteiger partial charge in [-0.15, -0.1) is 0 Å². The van der Waals surface area contributed by atoms with E-state index in [1.54, 1.807) is 0 Å². The summed E-state index contributed by atoms with van der Waals surface area (Å²) in [5.74, 6) is 0.650. The first-order valence-electron chi connectivity index (χ1n) is 7.99. The Bertz CT molecular complexity index is 608. The number of hydrogen-bond acceptors (Lipinski definition) is 3. The first kappa shape index (κ1) is 12.3. The summed E-state index contributed by atoms with van der Waals surface area (Å²) in [6.07, 6.45) is 11.2. The molecule has 0 saturated heterocycles. The molecule has 1 saturated carbocycles. The average Bonchev–Trinajstić information content (AvgIpc) is 2.74. The van der Waals surface area contributed by atoms with E-state index in [0.29, 0.717) is 5.92 Å². The average molecular weight is 270 g/mol. The summed E-state index contributed by atoms with van der Waals surface area (Å²) < 4.78 is 2.11. The van der Waals surface area contributed by atoms with Crippen LogP contribution in [0.15, 0.2) is 12.3 Å². The third-order valence-corrected chi connectivity index (χ3v) is 4.82. The molecule has 106 valence electrons. The molecule has 0 bridgehead atoms. The van der Waals surface area contributed by atoms with Crippen LogP contribution in [0, 0.1) is 0 Å². The molecule has 1 aliphatic carbocycles. The highest BCUT2D eigenvalue weighted by Gasteiger charge is 2.20. The maximum Gasteiger partial charge on any atom is 0.155 e. The second kappa shape index (κ2) is 5.17. The van der Waals surface area contributed by atoms with Gasteiger partial charge in [0.15, 0.2) is 5.65 Å². The van der Waals surface area contributed by atoms with Crippen molar-refractivity contribution >= 4 is 5.65 Å². The third kappa shape index (κ3) is 2.12. The summed E-state index contributed by atoms with van der Waals surface area (Å²) in [5, 5.41) is 8.32. The fourth-order valence-electron chi connectivity index (χ4n) is 3.65. The van der Waals surface area contributed by atoms with Crippen molar-refractivity contribution in [1.82, 2.24) is 19.9 Å². The van der Waals surface area contributed by atoms with E-state index in [2.05, 4.69) is 20.9 Å². The monoisotopic (exact) mass is 270 g/mol. The zero-order valence-electron chi connectivity index (χ0n) is 11.9. The van der Waals surface area contributed by atoms with Crippen molar-refractivity contribution in [2.75, 3.05) is 6.54 Å². The molecule has 0 spiro atoms. The standard InChI is InChI=1S/C16H22N4/c1-2-4-6-12(5-3-1)14-9-16-18-11-13-10-17-8-7-15(13)20(16)19-14/h9,11-12,17H,1-8,10H2. The number of nitrogens with one attached hydrogen (secondary N) is 1. The topological polar surface area (TPSA) is 42.2 Å². The van der Waals surface area contributed by atoms with Crippen LogP contribution in [-0.2, 0) is 13.0 Å². The largest absolute Gasteiger partial charge is 0.312 e. The molecular formula is C16H22N4. The Labute approximate surface area is 119 Å². The second-order valence-electron chi connectivity index (χ2n) is 6.18. The van der Waals surface area contributed by atoms with Crippen molar-refractivity contribution in [3.63, 3.8) is 0 Å². The van der Waals surface area contributed by atoms with Crippen LogP contribution in [0.4, 0.5) is 0 Å². The normalized spacial score (nSPS) is 20.8. The molecule has 1 fully saturated rings. The first-order chi connectivity index (χ1) is 9.92. The molecule has 4 heteroatoms. The molecule has 2 aliphatic rings. The molecule has 4 rings (SSSR count). The Balaban J connectivity index is 1.74. The lowest BCUT2D eigenvalue weighted by Gasteiger charge is -2.17. The van der Waals surface area contributed by atoms with Crippen LogP contribution >= 0.6 is 0 Å². The van der Waals surface area contributed by atoms with Crippen LogP contribution in [0.3, 0.4) is 0 Å². The van der Waals surface area contributed by atoms with E-state index >= 15 is 0 Å². The zero-order valence-corrected chi connectivity index (χ0v) is 11.9. The van der Waals surface area contributed by atoms with Crippen molar-refractivity contribution in [3.8, 4) is 0 Å². The van der Waals surface area contributed by atoms with E-state index in [1.807, 2.05) is 6.20 Å². The maximum absolute atomic E-state index is 4.92. The lowest BCUT2D eigenvalue weighted by molar-refractivity contribution is 0.565. The van der Waals surface area contributed by atoms with Gasteiger partial charge in [0.2, 0.25) is 0 Å². The highest BCUT2D eigenvalue weighted by molar-refractivity contribution is 5.43. The van der Waals surface area contributed by atoms with Crippen molar-refractivity contribution in [2.24, 2.45) is 0 Å². The van der Waals surface area contributed by atoms with Gasteiger partial charge in [-0.25, -0.2) is 9.50 Å². The number of hydrogen-bond donors (Lipinski definition) is 1. The molecule has 0 unspecified atom stereocenters. The van der Waals surface area contributed by atoms with Crippen molar-refractivity contribution in [2.45, 2.75) is 57.4 Å². The van der Waals surface area contributed by atoms with Gasteiger partial charge in [-0.05, 0) is 12.8 Å². The van der Waals surface area contributed by atoms with Crippen molar-refractivity contribution < 1.29 is 0 Å². The minimum atomic E-state index is 0.650. The Hall–Kier alpha value is -1.42. The quantitative estimate of drug-likeness (QED) is 0.810. The summed E-state index contributed by atoms with van der Waals surface area (Å²) in [6, 6.07) is 2.22. The summed E-state index contributed by atoms with van der Waals surface area (Å²) >= 11 is 0. The van der Waals surface area contributed by atoms with Crippen LogP contribution in [0.25, 0.3) is 5.65 Å². The van der Waals surface area contributed by atoms with Gasteiger partial charge >= 0.3 is 0 Å². The number of aromatic nitrogens is 3. The van der Waals surface area contributed by atoms with Crippen LogP contribution < -0.4 is 5.32 Å². The first-order valence-corrected chi connectivity index (χ1v) is 7.99. The fourth-order valence-corrected chi connectivity index (χ4v) is 3.65. The molecule has 3 heterocycles. The number of nitrogens with zero attached hydrogens (tertiary/aromatic N) is 3. The number of rotatable bonds is 1. The molecule has 1 N–H and O–H groups in total. The molecule has 0 radical (unpaired) electrons. The SMILES string of the molecule is c1nc2cc(C3CCCCCC3)nn2c2c1CNCC2. The van der Waals surface area contributed by atoms with Gasteiger partial charge in [0.25, 0.3) is 0 Å². The summed E-state index contributed by atoms with van der Waals surface area (Å²) in [6.45, 7) is 1.97. The number of fused-ring (bicyclic) bond motifs is 3. The van der Waals surface area contributed by atoms with Gasteiger partial charge in [0.1, 0.15) is 0 Å². The Morgan fingerprint density at radius 3 is 2.85 bits per heavy atom. The minimum absolute atomic E-state index is 0.650. The fraction of sp³-hybridized carbons (Fsp3) is 0.625. The molecule has 2 aromatic rings. The molecular weight excluding hydrogens is 248 g/mol. The highest BCUT2D eigenvalue weighted by Crippen LogP contribution is 2.31. The molecule has 0 atom stereocenters. The van der Waals surface area contributed by atoms with Crippen LogP contribution in [0.2, 0.25) is 0 Å². The minimum Gasteiger partial charge on any atom is -0.312 e. The summed E-state index contributed by atoms with van der Waals surface area (Å²) in [7, 11) is 0. The molecule has 0 amide bonds. The zero-order chi connectivity index (χ0) is 13.4. The molecule has 1 aliphatic heterocycles. The van der Waals surface area contributed by atoms with Gasteiger partial charge < -0.3 is 5.32 Å². The van der Waals surface area contributed by atoms with Gasteiger partial charge in [-0.2, -0.15) is 5.10 Å². The Kier molecular flexibility index (Phi) is 3.19. The van der Waals surface area contributed by atoms with E-state index in [0.717, 1.165) is 25.2 Å². The predicted molar refractivity (Wildman–Crippen MR) is 78.8 cm³/mol. The van der Waals surface area contributed by atoms with Gasteiger partial charge in [-0.1, -0.05) is 25.7 Å². The smallest absolute Gasteiger partial charge is 0.155 e. The maximum atomic E-state index is 4.92. The second-order valence-corrected chi connectivity index (χ2v) is 6.18. The van der Waals surface area contributed by atoms with Crippen molar-refractivity contribution in [1.29, 1.82) is 0 Å². The third-order valence-electron chi connectivity index (χ3n) is 4.82. The van der Waals surface area contributed by atoms with Gasteiger partial charge in [-0.3, -0.25) is 0 Å². The Morgan fingerprint density at radius 1 is 1.15 bits per heavy atom. The van der Waals surface area contributed by atoms with E-state index in [9.17, 15) is 0 Å². The van der Waals surface area contributed by atoms with E-state index in [1.165, 1.54) is 55.5 Å². The van der Waals surface area contributed by atoms with Crippen LogP contribution in [0.1, 0.15) is 61.4 Å². The Morgan fingerprint density at radius 2 is 2.00 bits per heavy atom. The molecule has 4 nitrogen and oxygen atoms in total. The van der Waals surface area contributed by atoms with Gasteiger partial charge in [0, 0.05) is 43.3 Å². The molecule has 20 heavy (non-hydrogen) atoms. The van der Waals surface area contributed by atoms with Gasteiger partial charge in [0.05, 0.1) is 11.4 Å². The van der Waals surface area contributed by atoms with Crippen LogP contribution in [-0.4, -0.2) is 21.1 Å².